The van der Waals surface area contributed by atoms with E-state index in [1.807, 2.05) is 6.07 Å². The zero-order chi connectivity index (χ0) is 12.7. The number of hydrogen-bond acceptors (Lipinski definition) is 4. The smallest absolute Gasteiger partial charge is 0.0897 e. The fourth-order valence-corrected chi connectivity index (χ4v) is 2.21. The van der Waals surface area contributed by atoms with Crippen molar-refractivity contribution >= 4 is 11.3 Å². The quantitative estimate of drug-likeness (QED) is 0.751. The minimum absolute atomic E-state index is 0.287. The van der Waals surface area contributed by atoms with E-state index >= 15 is 0 Å². The van der Waals surface area contributed by atoms with E-state index in [1.54, 1.807) is 11.3 Å². The lowest BCUT2D eigenvalue weighted by molar-refractivity contribution is 0.0252. The van der Waals surface area contributed by atoms with Crippen LogP contribution in [0.3, 0.4) is 0 Å². The lowest BCUT2D eigenvalue weighted by Crippen LogP contribution is -2.32. The highest BCUT2D eigenvalue weighted by atomic mass is 32.1. The molecule has 0 spiro atoms. The van der Waals surface area contributed by atoms with Crippen molar-refractivity contribution in [3.8, 4) is 0 Å². The number of nitrogens with one attached hydrogen (secondary N) is 1. The van der Waals surface area contributed by atoms with Gasteiger partial charge < -0.3 is 15.2 Å². The zero-order valence-electron chi connectivity index (χ0n) is 10.8. The molecule has 2 N–H and O–H groups in total. The van der Waals surface area contributed by atoms with Crippen LogP contribution in [0, 0.1) is 5.92 Å². The number of hydrogen-bond donors (Lipinski definition) is 2. The molecule has 0 amide bonds. The van der Waals surface area contributed by atoms with Gasteiger partial charge in [-0.05, 0) is 24.3 Å². The highest BCUT2D eigenvalue weighted by molar-refractivity contribution is 7.10. The van der Waals surface area contributed by atoms with E-state index in [9.17, 15) is 5.11 Å². The van der Waals surface area contributed by atoms with E-state index in [-0.39, 0.29) is 6.04 Å². The molecule has 1 unspecified atom stereocenters. The van der Waals surface area contributed by atoms with E-state index in [4.69, 9.17) is 4.74 Å². The van der Waals surface area contributed by atoms with Crippen LogP contribution < -0.4 is 5.32 Å². The summed E-state index contributed by atoms with van der Waals surface area (Å²) in [5.41, 5.74) is 0. The Labute approximate surface area is 108 Å². The van der Waals surface area contributed by atoms with Crippen molar-refractivity contribution in [2.45, 2.75) is 32.9 Å². The topological polar surface area (TPSA) is 41.5 Å². The standard InChI is InChI=1S/C13H23NO2S/c1-10(2)8-16-9-12(15)7-14-11(3)13-5-4-6-17-13/h4-6,10-12,14-15H,7-9H2,1-3H3/t11-,12?/m0/s1. The summed E-state index contributed by atoms with van der Waals surface area (Å²) >= 11 is 1.73. The number of aliphatic hydroxyl groups excluding tert-OH is 1. The zero-order valence-corrected chi connectivity index (χ0v) is 11.7. The number of ether oxygens (including phenoxy) is 1. The Morgan fingerprint density at radius 1 is 1.35 bits per heavy atom. The molecule has 1 aromatic heterocycles. The van der Waals surface area contributed by atoms with Gasteiger partial charge in [0.1, 0.15) is 0 Å². The molecule has 0 aromatic carbocycles. The van der Waals surface area contributed by atoms with Gasteiger partial charge in [-0.15, -0.1) is 11.3 Å². The summed E-state index contributed by atoms with van der Waals surface area (Å²) in [6, 6.07) is 4.43. The molecule has 98 valence electrons. The van der Waals surface area contributed by atoms with Gasteiger partial charge in [0, 0.05) is 24.1 Å². The average molecular weight is 257 g/mol. The fraction of sp³-hybridized carbons (Fsp3) is 0.692. The molecular weight excluding hydrogens is 234 g/mol. The Morgan fingerprint density at radius 2 is 2.12 bits per heavy atom. The van der Waals surface area contributed by atoms with Crippen molar-refractivity contribution in [3.63, 3.8) is 0 Å². The van der Waals surface area contributed by atoms with Gasteiger partial charge in [-0.25, -0.2) is 0 Å². The van der Waals surface area contributed by atoms with Crippen molar-refractivity contribution in [3.05, 3.63) is 22.4 Å². The molecule has 0 aliphatic rings. The molecule has 0 saturated heterocycles. The molecule has 0 fully saturated rings. The summed E-state index contributed by atoms with van der Waals surface area (Å²) in [4.78, 5) is 1.29. The summed E-state index contributed by atoms with van der Waals surface area (Å²) in [6.45, 7) is 7.98. The summed E-state index contributed by atoms with van der Waals surface area (Å²) < 4.78 is 5.39. The van der Waals surface area contributed by atoms with Gasteiger partial charge in [-0.2, -0.15) is 0 Å². The van der Waals surface area contributed by atoms with Crippen LogP contribution in [0.5, 0.6) is 0 Å². The monoisotopic (exact) mass is 257 g/mol. The maximum absolute atomic E-state index is 9.72. The van der Waals surface area contributed by atoms with Crippen molar-refractivity contribution in [1.82, 2.24) is 5.32 Å². The SMILES string of the molecule is CC(C)COCC(O)CN[C@@H](C)c1cccs1. The van der Waals surface area contributed by atoms with Crippen LogP contribution in [0.15, 0.2) is 17.5 Å². The molecule has 0 aliphatic heterocycles. The maximum Gasteiger partial charge on any atom is 0.0897 e. The van der Waals surface area contributed by atoms with Gasteiger partial charge in [0.05, 0.1) is 12.7 Å². The van der Waals surface area contributed by atoms with Crippen LogP contribution in [-0.4, -0.2) is 31.0 Å². The van der Waals surface area contributed by atoms with E-state index in [0.29, 0.717) is 25.7 Å². The lowest BCUT2D eigenvalue weighted by Gasteiger charge is -2.16. The Morgan fingerprint density at radius 3 is 2.71 bits per heavy atom. The molecule has 2 atom stereocenters. The highest BCUT2D eigenvalue weighted by Crippen LogP contribution is 2.17. The highest BCUT2D eigenvalue weighted by Gasteiger charge is 2.09. The molecule has 1 rings (SSSR count). The summed E-state index contributed by atoms with van der Waals surface area (Å²) in [5.74, 6) is 0.514. The number of thiophene rings is 1. The molecule has 1 aromatic rings. The van der Waals surface area contributed by atoms with Crippen LogP contribution in [-0.2, 0) is 4.74 Å². The molecule has 4 heteroatoms. The van der Waals surface area contributed by atoms with Crippen LogP contribution in [0.1, 0.15) is 31.7 Å². The first kappa shape index (κ1) is 14.6. The Balaban J connectivity index is 2.13. The normalized spacial score (nSPS) is 15.1. The fourth-order valence-electron chi connectivity index (χ4n) is 1.45. The minimum atomic E-state index is -0.434. The maximum atomic E-state index is 9.72. The van der Waals surface area contributed by atoms with Crippen molar-refractivity contribution < 1.29 is 9.84 Å². The van der Waals surface area contributed by atoms with Crippen LogP contribution in [0.4, 0.5) is 0 Å². The first-order chi connectivity index (χ1) is 8.09. The van der Waals surface area contributed by atoms with Crippen LogP contribution in [0.25, 0.3) is 0 Å². The second-order valence-corrected chi connectivity index (χ2v) is 5.71. The van der Waals surface area contributed by atoms with Gasteiger partial charge in [0.25, 0.3) is 0 Å². The summed E-state index contributed by atoms with van der Waals surface area (Å²) in [7, 11) is 0. The van der Waals surface area contributed by atoms with E-state index in [1.165, 1.54) is 4.88 Å². The van der Waals surface area contributed by atoms with Gasteiger partial charge in [0.2, 0.25) is 0 Å². The third-order valence-corrected chi connectivity index (χ3v) is 3.45. The molecular formula is C13H23NO2S. The second-order valence-electron chi connectivity index (χ2n) is 4.73. The molecule has 1 heterocycles. The molecule has 0 bridgehead atoms. The number of rotatable bonds is 8. The Bertz CT molecular complexity index is 288. The average Bonchev–Trinajstić information content (AvgIpc) is 2.78. The Kier molecular flexibility index (Phi) is 6.73. The molecule has 0 radical (unpaired) electrons. The van der Waals surface area contributed by atoms with Gasteiger partial charge in [-0.3, -0.25) is 0 Å². The third-order valence-electron chi connectivity index (χ3n) is 2.39. The van der Waals surface area contributed by atoms with Crippen LogP contribution >= 0.6 is 11.3 Å². The first-order valence-electron chi connectivity index (χ1n) is 6.12. The van der Waals surface area contributed by atoms with Gasteiger partial charge in [0.15, 0.2) is 0 Å². The van der Waals surface area contributed by atoms with E-state index in [0.717, 1.165) is 0 Å². The van der Waals surface area contributed by atoms with E-state index < -0.39 is 6.10 Å². The second kappa shape index (κ2) is 7.82. The predicted octanol–water partition coefficient (Wildman–Crippen LogP) is 2.43. The largest absolute Gasteiger partial charge is 0.389 e. The summed E-state index contributed by atoms with van der Waals surface area (Å²) in [6.07, 6.45) is -0.434. The molecule has 17 heavy (non-hydrogen) atoms. The minimum Gasteiger partial charge on any atom is -0.389 e. The van der Waals surface area contributed by atoms with Crippen molar-refractivity contribution in [1.29, 1.82) is 0 Å². The predicted molar refractivity (Wildman–Crippen MR) is 72.4 cm³/mol. The van der Waals surface area contributed by atoms with Crippen molar-refractivity contribution in [2.24, 2.45) is 5.92 Å². The first-order valence-corrected chi connectivity index (χ1v) is 7.00. The molecule has 0 aliphatic carbocycles. The van der Waals surface area contributed by atoms with Gasteiger partial charge in [-0.1, -0.05) is 19.9 Å². The van der Waals surface area contributed by atoms with E-state index in [2.05, 4.69) is 37.5 Å². The molecule has 0 saturated carbocycles. The van der Waals surface area contributed by atoms with Gasteiger partial charge >= 0.3 is 0 Å². The molecule has 3 nitrogen and oxygen atoms in total. The van der Waals surface area contributed by atoms with Crippen LogP contribution in [0.2, 0.25) is 0 Å². The third kappa shape index (κ3) is 6.17. The lowest BCUT2D eigenvalue weighted by atomic mass is 10.2. The number of aliphatic hydroxyl groups is 1. The van der Waals surface area contributed by atoms with Crippen molar-refractivity contribution in [2.75, 3.05) is 19.8 Å². The Hall–Kier alpha value is -0.420. The summed E-state index contributed by atoms with van der Waals surface area (Å²) in [5, 5.41) is 15.1.